The molecule has 0 bridgehead atoms. The Morgan fingerprint density at radius 3 is 2.92 bits per heavy atom. The molecule has 0 saturated carbocycles. The highest BCUT2D eigenvalue weighted by Crippen LogP contribution is 1.90. The first-order valence-corrected chi connectivity index (χ1v) is 3.40. The second-order valence-corrected chi connectivity index (χ2v) is 2.08. The third-order valence-corrected chi connectivity index (χ3v) is 1.19. The molecule has 6 nitrogen and oxygen atoms in total. The van der Waals surface area contributed by atoms with Gasteiger partial charge in [0.15, 0.2) is 0 Å². The predicted octanol–water partition coefficient (Wildman–Crippen LogP) is -0.237. The summed E-state index contributed by atoms with van der Waals surface area (Å²) in [5.74, 6) is 0.132. The molecule has 0 spiro atoms. The number of carbonyl (C=O) groups is 1. The lowest BCUT2D eigenvalue weighted by Gasteiger charge is -1.99. The summed E-state index contributed by atoms with van der Waals surface area (Å²) in [7, 11) is 0. The molecular formula is C6H9N3O3. The fourth-order valence-electron chi connectivity index (χ4n) is 0.738. The average Bonchev–Trinajstić information content (AvgIpc) is 2.30. The van der Waals surface area contributed by atoms with Crippen molar-refractivity contribution < 1.29 is 9.53 Å². The van der Waals surface area contributed by atoms with E-state index in [0.717, 1.165) is 6.07 Å². The van der Waals surface area contributed by atoms with Crippen LogP contribution in [-0.2, 0) is 4.74 Å². The van der Waals surface area contributed by atoms with Gasteiger partial charge in [0.2, 0.25) is 0 Å². The van der Waals surface area contributed by atoms with E-state index in [1.54, 1.807) is 6.92 Å². The van der Waals surface area contributed by atoms with Gasteiger partial charge in [-0.2, -0.15) is 0 Å². The van der Waals surface area contributed by atoms with Crippen LogP contribution in [0.15, 0.2) is 10.9 Å². The van der Waals surface area contributed by atoms with Gasteiger partial charge in [-0.05, 0) is 6.92 Å². The summed E-state index contributed by atoms with van der Waals surface area (Å²) in [6.45, 7) is 1.86. The van der Waals surface area contributed by atoms with Crippen LogP contribution in [0.4, 0.5) is 10.6 Å². The quantitative estimate of drug-likeness (QED) is 0.610. The number of ether oxygens (including phenoxy) is 1. The lowest BCUT2D eigenvalue weighted by Crippen LogP contribution is -2.25. The highest BCUT2D eigenvalue weighted by molar-refractivity contribution is 5.69. The van der Waals surface area contributed by atoms with Crippen LogP contribution in [-0.4, -0.2) is 22.5 Å². The Morgan fingerprint density at radius 2 is 2.50 bits per heavy atom. The molecule has 1 rings (SSSR count). The second-order valence-electron chi connectivity index (χ2n) is 2.08. The number of rotatable bonds is 1. The van der Waals surface area contributed by atoms with E-state index < -0.39 is 11.7 Å². The van der Waals surface area contributed by atoms with Crippen molar-refractivity contribution in [3.8, 4) is 0 Å². The Morgan fingerprint density at radius 1 is 1.83 bits per heavy atom. The molecular weight excluding hydrogens is 162 g/mol. The number of nitrogens with zero attached hydrogens (tertiary/aromatic N) is 1. The van der Waals surface area contributed by atoms with E-state index in [1.807, 2.05) is 0 Å². The minimum atomic E-state index is -0.751. The molecule has 0 saturated heterocycles. The Labute approximate surface area is 67.9 Å². The van der Waals surface area contributed by atoms with Crippen LogP contribution >= 0.6 is 0 Å². The number of nitrogen functional groups attached to an aromatic ring is 1. The smallest absolute Gasteiger partial charge is 0.436 e. The molecule has 0 aliphatic heterocycles. The Kier molecular flexibility index (Phi) is 2.18. The zero-order valence-electron chi connectivity index (χ0n) is 6.53. The van der Waals surface area contributed by atoms with Gasteiger partial charge in [0.05, 0.1) is 6.61 Å². The van der Waals surface area contributed by atoms with E-state index in [2.05, 4.69) is 9.84 Å². The minimum Gasteiger partial charge on any atom is -0.448 e. The van der Waals surface area contributed by atoms with Crippen molar-refractivity contribution in [1.82, 2.24) is 9.78 Å². The molecule has 12 heavy (non-hydrogen) atoms. The molecule has 0 atom stereocenters. The first kappa shape index (κ1) is 8.38. The summed E-state index contributed by atoms with van der Waals surface area (Å²) >= 11 is 0. The van der Waals surface area contributed by atoms with E-state index in [0.29, 0.717) is 4.68 Å². The predicted molar refractivity (Wildman–Crippen MR) is 41.9 cm³/mol. The van der Waals surface area contributed by atoms with E-state index in [9.17, 15) is 9.59 Å². The molecule has 1 aromatic rings. The van der Waals surface area contributed by atoms with Crippen molar-refractivity contribution in [2.75, 3.05) is 12.3 Å². The van der Waals surface area contributed by atoms with Gasteiger partial charge in [0, 0.05) is 6.07 Å². The topological polar surface area (TPSA) is 90.1 Å². The van der Waals surface area contributed by atoms with E-state index in [1.165, 1.54) is 0 Å². The molecule has 1 heterocycles. The maximum absolute atomic E-state index is 10.9. The summed E-state index contributed by atoms with van der Waals surface area (Å²) < 4.78 is 5.27. The number of hydrogen-bond donors (Lipinski definition) is 2. The van der Waals surface area contributed by atoms with Crippen LogP contribution in [0.5, 0.6) is 0 Å². The maximum atomic E-state index is 10.9. The largest absolute Gasteiger partial charge is 0.448 e. The van der Waals surface area contributed by atoms with E-state index in [-0.39, 0.29) is 12.4 Å². The van der Waals surface area contributed by atoms with Gasteiger partial charge in [-0.3, -0.25) is 9.89 Å². The van der Waals surface area contributed by atoms with Crippen molar-refractivity contribution in [1.29, 1.82) is 0 Å². The summed E-state index contributed by atoms with van der Waals surface area (Å²) in [6, 6.07) is 1.11. The molecule has 66 valence electrons. The maximum Gasteiger partial charge on any atom is 0.436 e. The first-order chi connectivity index (χ1) is 5.65. The van der Waals surface area contributed by atoms with Crippen LogP contribution in [0.3, 0.4) is 0 Å². The van der Waals surface area contributed by atoms with Gasteiger partial charge in [-0.15, -0.1) is 4.68 Å². The lowest BCUT2D eigenvalue weighted by molar-refractivity contribution is 0.149. The normalized spacial score (nSPS) is 9.75. The van der Waals surface area contributed by atoms with Gasteiger partial charge in [0.1, 0.15) is 5.82 Å². The van der Waals surface area contributed by atoms with Crippen LogP contribution in [0.25, 0.3) is 0 Å². The number of nitrogens with one attached hydrogen (secondary N) is 1. The fraction of sp³-hybridized carbons (Fsp3) is 0.333. The molecule has 0 radical (unpaired) electrons. The fourth-order valence-corrected chi connectivity index (χ4v) is 0.738. The molecule has 6 heteroatoms. The lowest BCUT2D eigenvalue weighted by atomic mass is 10.6. The monoisotopic (exact) mass is 171 g/mol. The Bertz CT molecular complexity index is 338. The number of hydrogen-bond acceptors (Lipinski definition) is 4. The number of H-pyrrole nitrogens is 1. The Balaban J connectivity index is 2.95. The summed E-state index contributed by atoms with van der Waals surface area (Å²) in [6.07, 6.45) is -0.751. The van der Waals surface area contributed by atoms with Crippen LogP contribution in [0, 0.1) is 0 Å². The summed E-state index contributed by atoms with van der Waals surface area (Å²) in [5, 5.41) is 2.34. The van der Waals surface area contributed by atoms with Gasteiger partial charge in [-0.1, -0.05) is 0 Å². The van der Waals surface area contributed by atoms with Crippen molar-refractivity contribution >= 4 is 11.9 Å². The summed E-state index contributed by atoms with van der Waals surface area (Å²) in [5.41, 5.74) is 4.71. The highest BCUT2D eigenvalue weighted by atomic mass is 16.6. The molecule has 0 aromatic carbocycles. The highest BCUT2D eigenvalue weighted by Gasteiger charge is 2.08. The second kappa shape index (κ2) is 3.12. The molecule has 0 unspecified atom stereocenters. The molecule has 1 aromatic heterocycles. The Hall–Kier alpha value is -1.72. The van der Waals surface area contributed by atoms with Gasteiger partial charge in [-0.25, -0.2) is 4.79 Å². The van der Waals surface area contributed by atoms with Crippen molar-refractivity contribution in [2.45, 2.75) is 6.92 Å². The van der Waals surface area contributed by atoms with Gasteiger partial charge < -0.3 is 10.5 Å². The number of nitrogens with two attached hydrogens (primary N) is 1. The third-order valence-electron chi connectivity index (χ3n) is 1.19. The van der Waals surface area contributed by atoms with Crippen LogP contribution in [0.2, 0.25) is 0 Å². The first-order valence-electron chi connectivity index (χ1n) is 3.40. The van der Waals surface area contributed by atoms with Gasteiger partial charge in [0.25, 0.3) is 5.56 Å². The summed E-state index contributed by atoms with van der Waals surface area (Å²) in [4.78, 5) is 21.8. The van der Waals surface area contributed by atoms with E-state index in [4.69, 9.17) is 5.73 Å². The number of aromatic amines is 1. The molecule has 0 fully saturated rings. The van der Waals surface area contributed by atoms with Crippen LogP contribution in [0.1, 0.15) is 6.92 Å². The molecule has 3 N–H and O–H groups in total. The SMILES string of the molecule is CCOC(=O)n1[nH]c(N)cc1=O. The van der Waals surface area contributed by atoms with Crippen molar-refractivity contribution in [2.24, 2.45) is 0 Å². The van der Waals surface area contributed by atoms with E-state index >= 15 is 0 Å². The number of anilines is 1. The minimum absolute atomic E-state index is 0.132. The number of carbonyl (C=O) groups excluding carboxylic acids is 1. The standard InChI is InChI=1S/C6H9N3O3/c1-2-12-6(11)9-5(10)3-4(7)8-9/h3,8H,2,7H2,1H3. The average molecular weight is 171 g/mol. The molecule has 0 aliphatic carbocycles. The van der Waals surface area contributed by atoms with Crippen molar-refractivity contribution in [3.63, 3.8) is 0 Å². The van der Waals surface area contributed by atoms with Crippen molar-refractivity contribution in [3.05, 3.63) is 16.4 Å². The third kappa shape index (κ3) is 1.47. The van der Waals surface area contributed by atoms with Gasteiger partial charge >= 0.3 is 6.09 Å². The number of aromatic nitrogens is 2. The zero-order valence-corrected chi connectivity index (χ0v) is 6.53. The zero-order chi connectivity index (χ0) is 9.14. The molecule has 0 aliphatic rings. The molecule has 0 amide bonds. The van der Waals surface area contributed by atoms with Crippen LogP contribution < -0.4 is 11.3 Å².